The number of primary amides is 1. The summed E-state index contributed by atoms with van der Waals surface area (Å²) in [4.78, 5) is 17.4. The molecule has 1 amide bonds. The summed E-state index contributed by atoms with van der Waals surface area (Å²) in [6, 6.07) is 1.57. The molecule has 5 heteroatoms. The highest BCUT2D eigenvalue weighted by Crippen LogP contribution is 2.19. The molecule has 0 radical (unpaired) electrons. The Morgan fingerprint density at radius 1 is 1.53 bits per heavy atom. The Bertz CT molecular complexity index is 403. The third-order valence-corrected chi connectivity index (χ3v) is 2.56. The van der Waals surface area contributed by atoms with Crippen LogP contribution in [0.15, 0.2) is 12.3 Å². The third-order valence-electron chi connectivity index (χ3n) is 2.56. The molecule has 0 aliphatic carbocycles. The van der Waals surface area contributed by atoms with Crippen molar-refractivity contribution in [3.05, 3.63) is 17.8 Å². The number of anilines is 2. The van der Waals surface area contributed by atoms with Crippen molar-refractivity contribution in [1.29, 1.82) is 0 Å². The number of hydrogen-bond acceptors (Lipinski definition) is 4. The molecule has 94 valence electrons. The zero-order valence-corrected chi connectivity index (χ0v) is 10.6. The summed E-state index contributed by atoms with van der Waals surface area (Å²) in [7, 11) is 1.90. The number of nitrogens with two attached hydrogens (primary N) is 2. The molecule has 1 heterocycles. The maximum Gasteiger partial charge on any atom is 0.252 e. The Kier molecular flexibility index (Phi) is 4.31. The number of carbonyl (C=O) groups excluding carboxylic acids is 1. The Balaban J connectivity index is 2.92. The van der Waals surface area contributed by atoms with Crippen molar-refractivity contribution in [3.63, 3.8) is 0 Å². The highest BCUT2D eigenvalue weighted by atomic mass is 16.1. The van der Waals surface area contributed by atoms with Gasteiger partial charge in [0, 0.05) is 13.6 Å². The molecule has 0 spiro atoms. The van der Waals surface area contributed by atoms with Crippen molar-refractivity contribution in [1.82, 2.24) is 4.98 Å². The minimum Gasteiger partial charge on any atom is -0.397 e. The molecule has 1 rings (SSSR count). The summed E-state index contributed by atoms with van der Waals surface area (Å²) in [5.74, 6) is 0.687. The fourth-order valence-corrected chi connectivity index (χ4v) is 1.52. The summed E-state index contributed by atoms with van der Waals surface area (Å²) >= 11 is 0. The summed E-state index contributed by atoms with van der Waals surface area (Å²) in [5.41, 5.74) is 11.7. The smallest absolute Gasteiger partial charge is 0.252 e. The van der Waals surface area contributed by atoms with E-state index in [-0.39, 0.29) is 0 Å². The van der Waals surface area contributed by atoms with E-state index in [1.807, 2.05) is 11.9 Å². The van der Waals surface area contributed by atoms with Crippen LogP contribution in [0.3, 0.4) is 0 Å². The maximum atomic E-state index is 11.3. The van der Waals surface area contributed by atoms with E-state index in [9.17, 15) is 4.79 Å². The summed E-state index contributed by atoms with van der Waals surface area (Å²) < 4.78 is 0. The van der Waals surface area contributed by atoms with Crippen LogP contribution in [-0.4, -0.2) is 24.5 Å². The second-order valence-electron chi connectivity index (χ2n) is 4.61. The molecule has 0 bridgehead atoms. The van der Waals surface area contributed by atoms with Gasteiger partial charge in [-0.3, -0.25) is 4.79 Å². The topological polar surface area (TPSA) is 85.2 Å². The van der Waals surface area contributed by atoms with Crippen molar-refractivity contribution >= 4 is 17.4 Å². The average molecular weight is 236 g/mol. The van der Waals surface area contributed by atoms with Crippen LogP contribution >= 0.6 is 0 Å². The first-order valence-electron chi connectivity index (χ1n) is 5.68. The van der Waals surface area contributed by atoms with E-state index in [1.54, 1.807) is 6.07 Å². The summed E-state index contributed by atoms with van der Waals surface area (Å²) in [6.07, 6.45) is 2.56. The molecular weight excluding hydrogens is 216 g/mol. The van der Waals surface area contributed by atoms with Crippen molar-refractivity contribution in [2.24, 2.45) is 11.7 Å². The van der Waals surface area contributed by atoms with Crippen LogP contribution < -0.4 is 16.4 Å². The number of pyridine rings is 1. The molecule has 4 N–H and O–H groups in total. The van der Waals surface area contributed by atoms with Gasteiger partial charge in [-0.2, -0.15) is 0 Å². The van der Waals surface area contributed by atoms with Crippen LogP contribution in [0, 0.1) is 5.92 Å². The fourth-order valence-electron chi connectivity index (χ4n) is 1.52. The normalized spacial score (nSPS) is 10.6. The minimum absolute atomic E-state index is 0.372. The first kappa shape index (κ1) is 13.3. The first-order valence-corrected chi connectivity index (χ1v) is 5.68. The van der Waals surface area contributed by atoms with Gasteiger partial charge in [-0.1, -0.05) is 13.8 Å². The van der Waals surface area contributed by atoms with E-state index < -0.39 is 5.91 Å². The van der Waals surface area contributed by atoms with Crippen LogP contribution in [0.25, 0.3) is 0 Å². The number of nitrogens with zero attached hydrogens (tertiary/aromatic N) is 2. The Labute approximate surface area is 102 Å². The number of rotatable bonds is 5. The van der Waals surface area contributed by atoms with Crippen molar-refractivity contribution in [2.75, 3.05) is 24.2 Å². The highest BCUT2D eigenvalue weighted by molar-refractivity contribution is 5.98. The molecule has 0 unspecified atom stereocenters. The van der Waals surface area contributed by atoms with Gasteiger partial charge in [0.05, 0.1) is 17.4 Å². The van der Waals surface area contributed by atoms with E-state index in [4.69, 9.17) is 11.5 Å². The van der Waals surface area contributed by atoms with Gasteiger partial charge in [-0.05, 0) is 18.4 Å². The molecule has 1 aromatic rings. The monoisotopic (exact) mass is 236 g/mol. The lowest BCUT2D eigenvalue weighted by atomic mass is 10.1. The molecular formula is C12H20N4O. The Hall–Kier alpha value is -1.78. The highest BCUT2D eigenvalue weighted by Gasteiger charge is 2.14. The number of nitrogen functional groups attached to an aromatic ring is 1. The predicted octanol–water partition coefficient (Wildman–Crippen LogP) is 1.25. The molecule has 0 aliphatic rings. The van der Waals surface area contributed by atoms with Gasteiger partial charge in [0.2, 0.25) is 0 Å². The predicted molar refractivity (Wildman–Crippen MR) is 69.9 cm³/mol. The van der Waals surface area contributed by atoms with E-state index >= 15 is 0 Å². The third kappa shape index (κ3) is 3.62. The average Bonchev–Trinajstić information content (AvgIpc) is 2.25. The van der Waals surface area contributed by atoms with Gasteiger partial charge in [0.25, 0.3) is 5.91 Å². The quantitative estimate of drug-likeness (QED) is 0.805. The molecule has 0 atom stereocenters. The first-order chi connectivity index (χ1) is 7.91. The molecule has 17 heavy (non-hydrogen) atoms. The second-order valence-corrected chi connectivity index (χ2v) is 4.61. The molecule has 0 aliphatic heterocycles. The molecule has 5 nitrogen and oxygen atoms in total. The number of amides is 1. The van der Waals surface area contributed by atoms with Crippen LogP contribution in [0.4, 0.5) is 11.5 Å². The van der Waals surface area contributed by atoms with Crippen LogP contribution in [0.5, 0.6) is 0 Å². The summed E-state index contributed by atoms with van der Waals surface area (Å²) in [5, 5.41) is 0. The van der Waals surface area contributed by atoms with E-state index in [0.717, 1.165) is 13.0 Å². The van der Waals surface area contributed by atoms with E-state index in [2.05, 4.69) is 18.8 Å². The van der Waals surface area contributed by atoms with Gasteiger partial charge < -0.3 is 16.4 Å². The molecule has 0 saturated heterocycles. The van der Waals surface area contributed by atoms with Crippen LogP contribution in [0.1, 0.15) is 30.6 Å². The van der Waals surface area contributed by atoms with Gasteiger partial charge in [-0.25, -0.2) is 4.98 Å². The second kappa shape index (κ2) is 5.52. The lowest BCUT2D eigenvalue weighted by Crippen LogP contribution is -2.25. The fraction of sp³-hybridized carbons (Fsp3) is 0.500. The van der Waals surface area contributed by atoms with Gasteiger partial charge >= 0.3 is 0 Å². The van der Waals surface area contributed by atoms with Crippen molar-refractivity contribution in [2.45, 2.75) is 20.3 Å². The van der Waals surface area contributed by atoms with E-state index in [0.29, 0.717) is 23.0 Å². The molecule has 0 saturated carbocycles. The van der Waals surface area contributed by atoms with Crippen molar-refractivity contribution in [3.8, 4) is 0 Å². The number of carbonyl (C=O) groups is 1. The minimum atomic E-state index is -0.504. The largest absolute Gasteiger partial charge is 0.397 e. The Morgan fingerprint density at radius 3 is 2.71 bits per heavy atom. The number of hydrogen-bond donors (Lipinski definition) is 2. The number of aromatic nitrogens is 1. The van der Waals surface area contributed by atoms with Crippen LogP contribution in [0.2, 0.25) is 0 Å². The molecule has 0 fully saturated rings. The molecule has 1 aromatic heterocycles. The van der Waals surface area contributed by atoms with E-state index in [1.165, 1.54) is 6.20 Å². The van der Waals surface area contributed by atoms with Crippen molar-refractivity contribution < 1.29 is 4.79 Å². The lowest BCUT2D eigenvalue weighted by Gasteiger charge is -2.21. The Morgan fingerprint density at radius 2 is 2.18 bits per heavy atom. The van der Waals surface area contributed by atoms with Gasteiger partial charge in [0.15, 0.2) is 0 Å². The summed E-state index contributed by atoms with van der Waals surface area (Å²) in [6.45, 7) is 5.13. The lowest BCUT2D eigenvalue weighted by molar-refractivity contribution is 0.100. The molecule has 0 aromatic carbocycles. The zero-order valence-electron chi connectivity index (χ0n) is 10.6. The van der Waals surface area contributed by atoms with Crippen LogP contribution in [-0.2, 0) is 0 Å². The standard InChI is InChI=1S/C12H20N4O/c1-8(2)4-5-16(3)12-10(11(14)17)6-9(13)7-15-12/h6-8H,4-5,13H2,1-3H3,(H2,14,17). The SMILES string of the molecule is CC(C)CCN(C)c1ncc(N)cc1C(N)=O. The van der Waals surface area contributed by atoms with Gasteiger partial charge in [-0.15, -0.1) is 0 Å². The van der Waals surface area contributed by atoms with Gasteiger partial charge in [0.1, 0.15) is 5.82 Å². The zero-order chi connectivity index (χ0) is 13.0. The maximum absolute atomic E-state index is 11.3.